The number of allylic oxidation sites excluding steroid dienone is 4. The Morgan fingerprint density at radius 2 is 0.911 bits per heavy atom. The molecule has 328 valence electrons. The van der Waals surface area contributed by atoms with Crippen LogP contribution in [0.3, 0.4) is 0 Å². The van der Waals surface area contributed by atoms with E-state index >= 15 is 0 Å². The monoisotopic (exact) mass is 795 g/mol. The first-order chi connectivity index (χ1) is 27.1. The third kappa shape index (κ3) is 40.0. The minimum Gasteiger partial charge on any atom is -0.477 e. The van der Waals surface area contributed by atoms with Gasteiger partial charge in [-0.25, -0.2) is 4.79 Å². The summed E-state index contributed by atoms with van der Waals surface area (Å²) in [6.07, 6.45) is 39.4. The molecule has 0 aromatic heterocycles. The first kappa shape index (κ1) is 53.8. The van der Waals surface area contributed by atoms with Crippen LogP contribution >= 0.6 is 0 Å². The molecule has 0 aromatic rings. The van der Waals surface area contributed by atoms with Crippen LogP contribution in [-0.4, -0.2) is 87.4 Å². The van der Waals surface area contributed by atoms with Crippen molar-refractivity contribution in [1.29, 1.82) is 0 Å². The van der Waals surface area contributed by atoms with Gasteiger partial charge in [0.05, 0.1) is 34.4 Å². The number of likely N-dealkylation sites (N-methyl/N-ethyl adjacent to an activating group) is 1. The molecule has 0 rings (SSSR count). The minimum absolute atomic E-state index is 0.186. The normalized spacial score (nSPS) is 13.1. The zero-order chi connectivity index (χ0) is 41.4. The molecule has 56 heavy (non-hydrogen) atoms. The summed E-state index contributed by atoms with van der Waals surface area (Å²) < 4.78 is 22.7. The number of hydrogen-bond acceptors (Lipinski definition) is 7. The number of carboxylic acid groups (broad SMARTS) is 1. The van der Waals surface area contributed by atoms with Gasteiger partial charge >= 0.3 is 17.9 Å². The lowest BCUT2D eigenvalue weighted by Crippen LogP contribution is -2.40. The number of aliphatic carboxylic acids is 1. The summed E-state index contributed by atoms with van der Waals surface area (Å²) in [7, 11) is 5.95. The molecule has 0 amide bonds. The molecule has 0 radical (unpaired) electrons. The Labute approximate surface area is 344 Å². The fourth-order valence-corrected chi connectivity index (χ4v) is 6.29. The first-order valence-electron chi connectivity index (χ1n) is 23.0. The maximum atomic E-state index is 12.8. The van der Waals surface area contributed by atoms with Crippen LogP contribution < -0.4 is 0 Å². The summed E-state index contributed by atoms with van der Waals surface area (Å²) in [6.45, 7) is 4.84. The van der Waals surface area contributed by atoms with Crippen molar-refractivity contribution in [3.8, 4) is 0 Å². The van der Waals surface area contributed by atoms with E-state index in [-0.39, 0.29) is 32.2 Å². The summed E-state index contributed by atoms with van der Waals surface area (Å²) >= 11 is 0. The van der Waals surface area contributed by atoms with E-state index in [0.717, 1.165) is 70.6 Å². The lowest BCUT2D eigenvalue weighted by atomic mass is 10.1. The Kier molecular flexibility index (Phi) is 38.0. The number of unbranched alkanes of at least 4 members (excludes halogenated alkanes) is 23. The second kappa shape index (κ2) is 39.6. The Morgan fingerprint density at radius 1 is 0.518 bits per heavy atom. The van der Waals surface area contributed by atoms with Gasteiger partial charge in [0.2, 0.25) is 0 Å². The van der Waals surface area contributed by atoms with Crippen LogP contribution in [0.25, 0.3) is 0 Å². The lowest BCUT2D eigenvalue weighted by Gasteiger charge is -2.25. The minimum atomic E-state index is -1.51. The zero-order valence-corrected chi connectivity index (χ0v) is 37.1. The van der Waals surface area contributed by atoms with Crippen molar-refractivity contribution in [3.63, 3.8) is 0 Å². The SMILES string of the molecule is CCCCCC/C=C\CCCCCCCC(=O)OCC(COC(OCC[N+](C)(C)C)C(=O)O)OC(=O)CCCCCCCCC/C=C\CCCCCCCCC. The Balaban J connectivity index is 4.42. The molecule has 0 fully saturated rings. The Hall–Kier alpha value is -2.23. The van der Waals surface area contributed by atoms with Crippen molar-refractivity contribution >= 4 is 17.9 Å². The molecule has 2 atom stereocenters. The number of carboxylic acids is 1. The fourth-order valence-electron chi connectivity index (χ4n) is 6.29. The van der Waals surface area contributed by atoms with E-state index < -0.39 is 24.3 Å². The lowest BCUT2D eigenvalue weighted by molar-refractivity contribution is -0.870. The summed E-state index contributed by atoms with van der Waals surface area (Å²) in [5.41, 5.74) is 0. The number of hydrogen-bond donors (Lipinski definition) is 1. The third-order valence-corrected chi connectivity index (χ3v) is 9.93. The van der Waals surface area contributed by atoms with Crippen LogP contribution in [-0.2, 0) is 33.3 Å². The Bertz CT molecular complexity index is 976. The van der Waals surface area contributed by atoms with Crippen molar-refractivity contribution < 1.29 is 42.9 Å². The largest absolute Gasteiger partial charge is 0.477 e. The molecule has 0 aliphatic rings. The second-order valence-electron chi connectivity index (χ2n) is 16.7. The molecule has 0 spiro atoms. The molecule has 0 aliphatic heterocycles. The maximum Gasteiger partial charge on any atom is 0.361 e. The highest BCUT2D eigenvalue weighted by atomic mass is 16.7. The van der Waals surface area contributed by atoms with Gasteiger partial charge in [0.1, 0.15) is 13.2 Å². The van der Waals surface area contributed by atoms with Gasteiger partial charge in [-0.3, -0.25) is 9.59 Å². The average molecular weight is 795 g/mol. The van der Waals surface area contributed by atoms with E-state index in [1.54, 1.807) is 0 Å². The third-order valence-electron chi connectivity index (χ3n) is 9.93. The van der Waals surface area contributed by atoms with Crippen LogP contribution in [0.4, 0.5) is 0 Å². The van der Waals surface area contributed by atoms with Gasteiger partial charge in [0, 0.05) is 12.8 Å². The maximum absolute atomic E-state index is 12.8. The van der Waals surface area contributed by atoms with Crippen molar-refractivity contribution in [2.45, 2.75) is 212 Å². The van der Waals surface area contributed by atoms with Gasteiger partial charge in [-0.2, -0.15) is 0 Å². The molecule has 9 heteroatoms. The highest BCUT2D eigenvalue weighted by Crippen LogP contribution is 2.14. The number of quaternary nitrogens is 1. The molecule has 2 unspecified atom stereocenters. The number of esters is 2. The predicted octanol–water partition coefficient (Wildman–Crippen LogP) is 12.1. The zero-order valence-electron chi connectivity index (χ0n) is 37.1. The van der Waals surface area contributed by atoms with Crippen molar-refractivity contribution in [2.24, 2.45) is 0 Å². The van der Waals surface area contributed by atoms with Crippen LogP contribution in [0.1, 0.15) is 200 Å². The summed E-state index contributed by atoms with van der Waals surface area (Å²) in [4.78, 5) is 37.1. The number of nitrogens with zero attached hydrogens (tertiary/aromatic N) is 1. The smallest absolute Gasteiger partial charge is 0.361 e. The summed E-state index contributed by atoms with van der Waals surface area (Å²) in [5, 5.41) is 9.63. The van der Waals surface area contributed by atoms with E-state index in [4.69, 9.17) is 18.9 Å². The molecule has 0 aromatic carbocycles. The molecule has 0 aliphatic carbocycles. The second-order valence-corrected chi connectivity index (χ2v) is 16.7. The van der Waals surface area contributed by atoms with Gasteiger partial charge in [-0.1, -0.05) is 147 Å². The molecule has 0 heterocycles. The fraction of sp³-hybridized carbons (Fsp3) is 0.851. The van der Waals surface area contributed by atoms with Crippen LogP contribution in [0.2, 0.25) is 0 Å². The Morgan fingerprint density at radius 3 is 1.34 bits per heavy atom. The van der Waals surface area contributed by atoms with E-state index in [9.17, 15) is 19.5 Å². The van der Waals surface area contributed by atoms with E-state index in [2.05, 4.69) is 38.2 Å². The molecular formula is C47H88NO8+. The number of ether oxygens (including phenoxy) is 4. The van der Waals surface area contributed by atoms with E-state index in [0.29, 0.717) is 17.4 Å². The summed E-state index contributed by atoms with van der Waals surface area (Å²) in [5.74, 6) is -2.02. The van der Waals surface area contributed by atoms with Gasteiger partial charge in [0.25, 0.3) is 6.29 Å². The topological polar surface area (TPSA) is 108 Å². The van der Waals surface area contributed by atoms with Crippen LogP contribution in [0, 0.1) is 0 Å². The van der Waals surface area contributed by atoms with Gasteiger partial charge in [0.15, 0.2) is 6.10 Å². The molecule has 0 saturated carbocycles. The molecule has 0 bridgehead atoms. The molecule has 9 nitrogen and oxygen atoms in total. The highest BCUT2D eigenvalue weighted by molar-refractivity contribution is 5.71. The summed E-state index contributed by atoms with van der Waals surface area (Å²) in [6, 6.07) is 0. The van der Waals surface area contributed by atoms with Gasteiger partial charge in [-0.15, -0.1) is 0 Å². The standard InChI is InChI=1S/C47H87NO8/c1-6-8-10-12-14-16-18-20-21-22-23-24-26-28-30-32-34-36-38-45(50)56-43(42-55-47(46(51)52)53-40-39-48(3,4)5)41-54-44(49)37-35-33-31-29-27-25-19-17-15-13-11-9-7-2/h17,19,21-22,43,47H,6-16,18,20,23-42H2,1-5H3/p+1/b19-17-,22-21-. The first-order valence-corrected chi connectivity index (χ1v) is 23.0. The van der Waals surface area contributed by atoms with Crippen molar-refractivity contribution in [1.82, 2.24) is 0 Å². The number of rotatable bonds is 42. The van der Waals surface area contributed by atoms with Gasteiger partial charge < -0.3 is 28.5 Å². The molecular weight excluding hydrogens is 707 g/mol. The van der Waals surface area contributed by atoms with Crippen molar-refractivity contribution in [2.75, 3.05) is 47.5 Å². The quantitative estimate of drug-likeness (QED) is 0.0214. The van der Waals surface area contributed by atoms with E-state index in [1.165, 1.54) is 103 Å². The van der Waals surface area contributed by atoms with Crippen molar-refractivity contribution in [3.05, 3.63) is 24.3 Å². The number of carbonyl (C=O) groups excluding carboxylic acids is 2. The predicted molar refractivity (Wildman–Crippen MR) is 231 cm³/mol. The molecule has 0 saturated heterocycles. The molecule has 1 N–H and O–H groups in total. The number of carbonyl (C=O) groups is 3. The highest BCUT2D eigenvalue weighted by Gasteiger charge is 2.25. The average Bonchev–Trinajstić information content (AvgIpc) is 3.15. The van der Waals surface area contributed by atoms with Crippen LogP contribution in [0.5, 0.6) is 0 Å². The van der Waals surface area contributed by atoms with E-state index in [1.807, 2.05) is 21.1 Å². The van der Waals surface area contributed by atoms with Gasteiger partial charge in [-0.05, 0) is 64.2 Å². The van der Waals surface area contributed by atoms with Crippen LogP contribution in [0.15, 0.2) is 24.3 Å².